The molecule has 5 rings (SSSR count). The van der Waals surface area contributed by atoms with Crippen molar-refractivity contribution in [1.29, 1.82) is 0 Å². The molecule has 0 N–H and O–H groups in total. The predicted octanol–water partition coefficient (Wildman–Crippen LogP) is 1.97. The summed E-state index contributed by atoms with van der Waals surface area (Å²) in [5.41, 5.74) is 0. The van der Waals surface area contributed by atoms with E-state index < -0.39 is 0 Å². The van der Waals surface area contributed by atoms with Crippen molar-refractivity contribution >= 4 is 6.29 Å². The minimum Gasteiger partial charge on any atom is -0.303 e. The van der Waals surface area contributed by atoms with Crippen molar-refractivity contribution in [3.63, 3.8) is 0 Å². The molecule has 0 saturated heterocycles. The Labute approximate surface area is 84.3 Å². The molecular formula is C13H16O. The van der Waals surface area contributed by atoms with Crippen molar-refractivity contribution in [2.45, 2.75) is 19.3 Å². The Balaban J connectivity index is 1.45. The van der Waals surface area contributed by atoms with Crippen molar-refractivity contribution in [3.8, 4) is 0 Å². The molecule has 0 radical (unpaired) electrons. The highest BCUT2D eigenvalue weighted by atomic mass is 16.1. The number of hydrogen-bond donors (Lipinski definition) is 0. The topological polar surface area (TPSA) is 17.1 Å². The second-order valence-electron chi connectivity index (χ2n) is 6.49. The summed E-state index contributed by atoms with van der Waals surface area (Å²) in [5.74, 6) is 9.10. The third-order valence-corrected chi connectivity index (χ3v) is 6.80. The molecule has 0 aliphatic heterocycles. The van der Waals surface area contributed by atoms with Crippen LogP contribution in [0.5, 0.6) is 0 Å². The quantitative estimate of drug-likeness (QED) is 0.454. The van der Waals surface area contributed by atoms with E-state index in [0.29, 0.717) is 5.92 Å². The summed E-state index contributed by atoms with van der Waals surface area (Å²) in [7, 11) is 0. The smallest absolute Gasteiger partial charge is 0.123 e. The Morgan fingerprint density at radius 1 is 0.786 bits per heavy atom. The summed E-state index contributed by atoms with van der Waals surface area (Å²) < 4.78 is 0. The fourth-order valence-electron chi connectivity index (χ4n) is 6.20. The highest BCUT2D eigenvalue weighted by molar-refractivity contribution is 5.58. The predicted molar refractivity (Wildman–Crippen MR) is 51.3 cm³/mol. The lowest BCUT2D eigenvalue weighted by molar-refractivity contribution is -0.369. The van der Waals surface area contributed by atoms with Crippen molar-refractivity contribution in [2.75, 3.05) is 0 Å². The van der Waals surface area contributed by atoms with Gasteiger partial charge in [-0.3, -0.25) is 0 Å². The minimum absolute atomic E-state index is 0.487. The first-order chi connectivity index (χ1) is 6.92. The Morgan fingerprint density at radius 3 is 2.07 bits per heavy atom. The summed E-state index contributed by atoms with van der Waals surface area (Å²) in [6, 6.07) is 0. The molecule has 0 heterocycles. The number of carbonyl (C=O) groups is 1. The van der Waals surface area contributed by atoms with Crippen LogP contribution in [0.25, 0.3) is 0 Å². The molecular weight excluding hydrogens is 172 g/mol. The Morgan fingerprint density at radius 2 is 1.43 bits per heavy atom. The number of fused-ring (bicyclic) bond motifs is 10. The normalized spacial score (nSPS) is 75.3. The van der Waals surface area contributed by atoms with Crippen molar-refractivity contribution in [2.24, 2.45) is 53.3 Å². The molecule has 0 unspecified atom stereocenters. The van der Waals surface area contributed by atoms with Gasteiger partial charge in [0, 0.05) is 5.92 Å². The zero-order chi connectivity index (χ0) is 9.02. The number of rotatable bonds is 1. The second kappa shape index (κ2) is 1.83. The van der Waals surface area contributed by atoms with Gasteiger partial charge < -0.3 is 4.79 Å². The summed E-state index contributed by atoms with van der Waals surface area (Å²) in [5, 5.41) is 0. The summed E-state index contributed by atoms with van der Waals surface area (Å²) in [4.78, 5) is 10.8. The lowest BCUT2D eigenvalue weighted by Crippen LogP contribution is -2.80. The van der Waals surface area contributed by atoms with E-state index >= 15 is 0 Å². The molecule has 9 atom stereocenters. The fraction of sp³-hybridized carbons (Fsp3) is 0.923. The Kier molecular flexibility index (Phi) is 0.921. The van der Waals surface area contributed by atoms with Gasteiger partial charge in [-0.25, -0.2) is 0 Å². The zero-order valence-electron chi connectivity index (χ0n) is 8.30. The van der Waals surface area contributed by atoms with Crippen molar-refractivity contribution in [3.05, 3.63) is 0 Å². The maximum atomic E-state index is 10.8. The largest absolute Gasteiger partial charge is 0.303 e. The molecule has 5 saturated carbocycles. The van der Waals surface area contributed by atoms with E-state index in [2.05, 4.69) is 0 Å². The van der Waals surface area contributed by atoms with Gasteiger partial charge >= 0.3 is 0 Å². The average Bonchev–Trinajstić information content (AvgIpc) is 2.13. The van der Waals surface area contributed by atoms with E-state index in [0.717, 1.165) is 47.3 Å². The number of aldehydes is 1. The minimum atomic E-state index is 0.487. The number of carbonyl (C=O) groups excluding carboxylic acids is 1. The standard InChI is InChI=1S/C13H16O/c14-4-5-3-8-9(5)13-11-7-2-1-6(7)10(11)12(8)13/h4-13H,1-3H2/t5-,6-,7+,8-,9+,10+,11-,12-,13+/m0/s1. The molecule has 1 heteroatoms. The first-order valence-electron chi connectivity index (χ1n) is 6.37. The molecule has 5 aliphatic carbocycles. The van der Waals surface area contributed by atoms with Crippen LogP contribution in [0.1, 0.15) is 19.3 Å². The molecule has 1 nitrogen and oxygen atoms in total. The third-order valence-electron chi connectivity index (χ3n) is 6.80. The van der Waals surface area contributed by atoms with Gasteiger partial charge in [0.25, 0.3) is 0 Å². The fourth-order valence-corrected chi connectivity index (χ4v) is 6.20. The van der Waals surface area contributed by atoms with Gasteiger partial charge in [-0.15, -0.1) is 0 Å². The molecule has 0 amide bonds. The van der Waals surface area contributed by atoms with Crippen LogP contribution in [-0.2, 0) is 4.79 Å². The van der Waals surface area contributed by atoms with Crippen LogP contribution in [0.2, 0.25) is 0 Å². The van der Waals surface area contributed by atoms with Crippen LogP contribution in [-0.4, -0.2) is 6.29 Å². The lowest BCUT2D eigenvalue weighted by atomic mass is 9.20. The van der Waals surface area contributed by atoms with Crippen LogP contribution in [0.15, 0.2) is 0 Å². The van der Waals surface area contributed by atoms with Crippen molar-refractivity contribution in [1.82, 2.24) is 0 Å². The molecule has 5 aliphatic rings. The molecule has 0 bridgehead atoms. The van der Waals surface area contributed by atoms with E-state index in [-0.39, 0.29) is 0 Å². The highest BCUT2D eigenvalue weighted by Crippen LogP contribution is 2.83. The first-order valence-corrected chi connectivity index (χ1v) is 6.37. The molecule has 0 aromatic carbocycles. The van der Waals surface area contributed by atoms with Crippen LogP contribution in [0.3, 0.4) is 0 Å². The van der Waals surface area contributed by atoms with E-state index in [1.54, 1.807) is 6.42 Å². The van der Waals surface area contributed by atoms with E-state index in [9.17, 15) is 4.79 Å². The van der Waals surface area contributed by atoms with Crippen LogP contribution >= 0.6 is 0 Å². The van der Waals surface area contributed by atoms with Crippen LogP contribution in [0.4, 0.5) is 0 Å². The van der Waals surface area contributed by atoms with Crippen LogP contribution < -0.4 is 0 Å². The Bertz CT molecular complexity index is 330. The SMILES string of the molecule is O=C[C@@H]1C[C@@H]2[C@H]3[C@@H]4[C@H]5CC[C@H]5[C@@H]4[C@H]3[C@@H]21. The zero-order valence-corrected chi connectivity index (χ0v) is 8.30. The Hall–Kier alpha value is -0.330. The average molecular weight is 188 g/mol. The van der Waals surface area contributed by atoms with Gasteiger partial charge in [-0.05, 0) is 66.6 Å². The summed E-state index contributed by atoms with van der Waals surface area (Å²) in [6.45, 7) is 0. The maximum Gasteiger partial charge on any atom is 0.123 e. The number of hydrogen-bond acceptors (Lipinski definition) is 1. The lowest BCUT2D eigenvalue weighted by Gasteiger charge is -2.84. The van der Waals surface area contributed by atoms with Crippen LogP contribution in [0, 0.1) is 53.3 Å². The first kappa shape index (κ1) is 7.03. The third kappa shape index (κ3) is 0.445. The maximum absolute atomic E-state index is 10.8. The van der Waals surface area contributed by atoms with Gasteiger partial charge in [0.2, 0.25) is 0 Å². The molecule has 0 aromatic heterocycles. The van der Waals surface area contributed by atoms with Gasteiger partial charge in [0.05, 0.1) is 0 Å². The molecule has 5 fully saturated rings. The highest BCUT2D eigenvalue weighted by Gasteiger charge is 2.79. The van der Waals surface area contributed by atoms with Crippen molar-refractivity contribution < 1.29 is 4.79 Å². The second-order valence-corrected chi connectivity index (χ2v) is 6.49. The van der Waals surface area contributed by atoms with Gasteiger partial charge in [-0.2, -0.15) is 0 Å². The van der Waals surface area contributed by atoms with E-state index in [4.69, 9.17) is 0 Å². The molecule has 0 aromatic rings. The molecule has 74 valence electrons. The van der Waals surface area contributed by atoms with E-state index in [1.165, 1.54) is 19.1 Å². The summed E-state index contributed by atoms with van der Waals surface area (Å²) >= 11 is 0. The molecule has 14 heavy (non-hydrogen) atoms. The monoisotopic (exact) mass is 188 g/mol. The molecule has 0 spiro atoms. The summed E-state index contributed by atoms with van der Waals surface area (Å²) in [6.07, 6.45) is 5.58. The van der Waals surface area contributed by atoms with E-state index in [1.807, 2.05) is 0 Å². The van der Waals surface area contributed by atoms with Gasteiger partial charge in [0.1, 0.15) is 6.29 Å². The van der Waals surface area contributed by atoms with Gasteiger partial charge in [-0.1, -0.05) is 0 Å². The van der Waals surface area contributed by atoms with Gasteiger partial charge in [0.15, 0.2) is 0 Å².